The van der Waals surface area contributed by atoms with Crippen molar-refractivity contribution in [1.29, 1.82) is 0 Å². The Morgan fingerprint density at radius 3 is 2.64 bits per heavy atom. The highest BCUT2D eigenvalue weighted by Crippen LogP contribution is 2.22. The van der Waals surface area contributed by atoms with Gasteiger partial charge in [0.25, 0.3) is 5.91 Å². The van der Waals surface area contributed by atoms with E-state index in [0.29, 0.717) is 12.1 Å². The van der Waals surface area contributed by atoms with E-state index in [9.17, 15) is 9.90 Å². The van der Waals surface area contributed by atoms with E-state index >= 15 is 0 Å². The third-order valence-electron chi connectivity index (χ3n) is 3.51. The van der Waals surface area contributed by atoms with Crippen LogP contribution in [-0.2, 0) is 0 Å². The summed E-state index contributed by atoms with van der Waals surface area (Å²) in [4.78, 5) is 12.5. The van der Waals surface area contributed by atoms with Gasteiger partial charge in [-0.15, -0.1) is 0 Å². The second-order valence-electron chi connectivity index (χ2n) is 5.44. The van der Waals surface area contributed by atoms with Crippen LogP contribution >= 0.6 is 15.9 Å². The van der Waals surface area contributed by atoms with Gasteiger partial charge < -0.3 is 10.4 Å². The molecule has 0 fully saturated rings. The van der Waals surface area contributed by atoms with Gasteiger partial charge in [-0.1, -0.05) is 41.9 Å². The Hall–Kier alpha value is -1.66. The lowest BCUT2D eigenvalue weighted by Gasteiger charge is -2.18. The summed E-state index contributed by atoms with van der Waals surface area (Å²) in [5, 5.41) is 18.9. The van der Waals surface area contributed by atoms with Gasteiger partial charge in [0.1, 0.15) is 5.69 Å². The number of benzene rings is 1. The normalized spacial score (nSPS) is 12.4. The van der Waals surface area contributed by atoms with E-state index in [2.05, 4.69) is 31.4 Å². The number of rotatable bonds is 6. The maximum Gasteiger partial charge on any atom is 0.270 e. The van der Waals surface area contributed by atoms with Gasteiger partial charge in [0.05, 0.1) is 12.2 Å². The number of hydrogen-bond acceptors (Lipinski definition) is 3. The third kappa shape index (κ3) is 3.96. The number of carbonyl (C=O) groups excluding carboxylic acids is 1. The number of aromatic amines is 1. The molecule has 22 heavy (non-hydrogen) atoms. The Labute approximate surface area is 138 Å². The maximum absolute atomic E-state index is 12.5. The fourth-order valence-electron chi connectivity index (χ4n) is 2.29. The third-order valence-corrected chi connectivity index (χ3v) is 4.04. The molecular formula is C16H20BrN3O2. The zero-order valence-corrected chi connectivity index (χ0v) is 14.2. The fourth-order valence-corrected chi connectivity index (χ4v) is 2.56. The quantitative estimate of drug-likeness (QED) is 0.735. The molecule has 2 aromatic rings. The molecule has 5 nitrogen and oxygen atoms in total. The van der Waals surface area contributed by atoms with Crippen molar-refractivity contribution in [2.75, 3.05) is 6.61 Å². The summed E-state index contributed by atoms with van der Waals surface area (Å²) in [6, 6.07) is 7.46. The Morgan fingerprint density at radius 2 is 2.05 bits per heavy atom. The van der Waals surface area contributed by atoms with E-state index in [1.807, 2.05) is 38.1 Å². The lowest BCUT2D eigenvalue weighted by molar-refractivity contribution is 0.0923. The minimum absolute atomic E-state index is 0.00102. The van der Waals surface area contributed by atoms with Crippen LogP contribution in [0.5, 0.6) is 0 Å². The zero-order valence-electron chi connectivity index (χ0n) is 12.6. The van der Waals surface area contributed by atoms with Crippen LogP contribution in [0.4, 0.5) is 0 Å². The average Bonchev–Trinajstić information content (AvgIpc) is 2.97. The molecule has 0 aliphatic carbocycles. The van der Waals surface area contributed by atoms with Crippen molar-refractivity contribution in [2.24, 2.45) is 0 Å². The standard InChI is InChI=1S/C16H20BrN3O2/c1-10(2)13-9-18-20-15(13)16(22)19-14(7-8-21)11-3-5-12(17)6-4-11/h3-6,9-10,14,21H,7-8H2,1-2H3,(H,18,20)(H,19,22). The van der Waals surface area contributed by atoms with Gasteiger partial charge in [-0.05, 0) is 30.0 Å². The Kier molecular flexibility index (Phi) is 5.74. The average molecular weight is 366 g/mol. The number of nitrogens with one attached hydrogen (secondary N) is 2. The number of nitrogens with zero attached hydrogens (tertiary/aromatic N) is 1. The van der Waals surface area contributed by atoms with Crippen molar-refractivity contribution in [3.05, 3.63) is 51.8 Å². The number of H-pyrrole nitrogens is 1. The molecule has 0 saturated heterocycles. The van der Waals surface area contributed by atoms with Crippen LogP contribution in [0.1, 0.15) is 53.8 Å². The predicted molar refractivity (Wildman–Crippen MR) is 88.7 cm³/mol. The number of amides is 1. The highest BCUT2D eigenvalue weighted by molar-refractivity contribution is 9.10. The Bertz CT molecular complexity index is 623. The van der Waals surface area contributed by atoms with Gasteiger partial charge in [-0.3, -0.25) is 9.89 Å². The zero-order chi connectivity index (χ0) is 16.1. The van der Waals surface area contributed by atoms with E-state index < -0.39 is 0 Å². The highest BCUT2D eigenvalue weighted by atomic mass is 79.9. The number of carbonyl (C=O) groups is 1. The first-order valence-corrected chi connectivity index (χ1v) is 8.02. The molecule has 0 radical (unpaired) electrons. The number of halogens is 1. The molecule has 0 aliphatic rings. The first kappa shape index (κ1) is 16.7. The molecule has 3 N–H and O–H groups in total. The van der Waals surface area contributed by atoms with Gasteiger partial charge >= 0.3 is 0 Å². The van der Waals surface area contributed by atoms with Gasteiger partial charge in [0.2, 0.25) is 0 Å². The second kappa shape index (κ2) is 7.56. The van der Waals surface area contributed by atoms with Crippen LogP contribution in [0.15, 0.2) is 34.9 Å². The summed E-state index contributed by atoms with van der Waals surface area (Å²) in [5.41, 5.74) is 2.32. The van der Waals surface area contributed by atoms with Crippen molar-refractivity contribution < 1.29 is 9.90 Å². The first-order chi connectivity index (χ1) is 10.5. The SMILES string of the molecule is CC(C)c1cn[nH]c1C(=O)NC(CCO)c1ccc(Br)cc1. The molecule has 0 saturated carbocycles. The first-order valence-electron chi connectivity index (χ1n) is 7.23. The topological polar surface area (TPSA) is 78.0 Å². The summed E-state index contributed by atoms with van der Waals surface area (Å²) in [6.07, 6.45) is 2.14. The molecule has 118 valence electrons. The lowest BCUT2D eigenvalue weighted by atomic mass is 10.0. The predicted octanol–water partition coefficient (Wildman–Crippen LogP) is 3.15. The van der Waals surface area contributed by atoms with E-state index in [4.69, 9.17) is 0 Å². The summed E-state index contributed by atoms with van der Waals surface area (Å²) in [5.74, 6) is 0.00559. The molecule has 1 unspecified atom stereocenters. The molecule has 1 atom stereocenters. The van der Waals surface area contributed by atoms with Crippen LogP contribution in [0.3, 0.4) is 0 Å². The second-order valence-corrected chi connectivity index (χ2v) is 6.36. The highest BCUT2D eigenvalue weighted by Gasteiger charge is 2.20. The smallest absolute Gasteiger partial charge is 0.270 e. The molecule has 1 aromatic carbocycles. The molecular weight excluding hydrogens is 346 g/mol. The molecule has 6 heteroatoms. The van der Waals surface area contributed by atoms with E-state index in [1.54, 1.807) is 6.20 Å². The van der Waals surface area contributed by atoms with Gasteiger partial charge in [0.15, 0.2) is 0 Å². The molecule has 0 bridgehead atoms. The van der Waals surface area contributed by atoms with Gasteiger partial charge in [0, 0.05) is 16.6 Å². The fraction of sp³-hybridized carbons (Fsp3) is 0.375. The Balaban J connectivity index is 2.18. The van der Waals surface area contributed by atoms with Crippen LogP contribution in [-0.4, -0.2) is 27.8 Å². The van der Waals surface area contributed by atoms with Crippen LogP contribution in [0.2, 0.25) is 0 Å². The van der Waals surface area contributed by atoms with E-state index in [1.165, 1.54) is 0 Å². The number of aliphatic hydroxyl groups is 1. The van der Waals surface area contributed by atoms with Crippen LogP contribution in [0, 0.1) is 0 Å². The summed E-state index contributed by atoms with van der Waals surface area (Å²) in [7, 11) is 0. The molecule has 1 aromatic heterocycles. The van der Waals surface area contributed by atoms with Crippen molar-refractivity contribution in [3.63, 3.8) is 0 Å². The summed E-state index contributed by atoms with van der Waals surface area (Å²) < 4.78 is 0.973. The number of hydrogen-bond donors (Lipinski definition) is 3. The maximum atomic E-state index is 12.5. The Morgan fingerprint density at radius 1 is 1.36 bits per heavy atom. The van der Waals surface area contributed by atoms with Gasteiger partial charge in [-0.25, -0.2) is 0 Å². The van der Waals surface area contributed by atoms with Crippen LogP contribution in [0.25, 0.3) is 0 Å². The number of aromatic nitrogens is 2. The minimum Gasteiger partial charge on any atom is -0.396 e. The lowest BCUT2D eigenvalue weighted by Crippen LogP contribution is -2.30. The van der Waals surface area contributed by atoms with E-state index in [-0.39, 0.29) is 24.5 Å². The molecule has 1 amide bonds. The summed E-state index contributed by atoms with van der Waals surface area (Å²) >= 11 is 3.39. The minimum atomic E-state index is -0.242. The number of aliphatic hydroxyl groups excluding tert-OH is 1. The summed E-state index contributed by atoms with van der Waals surface area (Å²) in [6.45, 7) is 4.03. The van der Waals surface area contributed by atoms with Crippen molar-refractivity contribution in [1.82, 2.24) is 15.5 Å². The van der Waals surface area contributed by atoms with Gasteiger partial charge in [-0.2, -0.15) is 5.10 Å². The van der Waals surface area contributed by atoms with E-state index in [0.717, 1.165) is 15.6 Å². The van der Waals surface area contributed by atoms with Crippen LogP contribution < -0.4 is 5.32 Å². The van der Waals surface area contributed by atoms with Crippen molar-refractivity contribution >= 4 is 21.8 Å². The largest absolute Gasteiger partial charge is 0.396 e. The van der Waals surface area contributed by atoms with Crippen molar-refractivity contribution in [3.8, 4) is 0 Å². The molecule has 0 aliphatic heterocycles. The molecule has 2 rings (SSSR count). The molecule has 1 heterocycles. The molecule has 0 spiro atoms. The van der Waals surface area contributed by atoms with Crippen molar-refractivity contribution in [2.45, 2.75) is 32.2 Å². The monoisotopic (exact) mass is 365 g/mol.